The molecule has 0 aliphatic heterocycles. The first-order valence-corrected chi connectivity index (χ1v) is 6.38. The van der Waals surface area contributed by atoms with Crippen LogP contribution in [0, 0.1) is 0 Å². The fourth-order valence-corrected chi connectivity index (χ4v) is 1.54. The summed E-state index contributed by atoms with van der Waals surface area (Å²) in [4.78, 5) is 10.7. The molecule has 0 amide bonds. The molecule has 5 nitrogen and oxygen atoms in total. The molecule has 0 bridgehead atoms. The maximum Gasteiger partial charge on any atom is 0.335 e. The molecule has 0 saturated carbocycles. The lowest BCUT2D eigenvalue weighted by Gasteiger charge is -2.07. The number of hydrogen-bond acceptors (Lipinski definition) is 4. The van der Waals surface area contributed by atoms with Gasteiger partial charge in [-0.3, -0.25) is 0 Å². The van der Waals surface area contributed by atoms with E-state index in [2.05, 4.69) is 5.32 Å². The minimum Gasteiger partial charge on any atom is -0.478 e. The van der Waals surface area contributed by atoms with E-state index < -0.39 is 5.97 Å². The first-order valence-electron chi connectivity index (χ1n) is 6.38. The summed E-state index contributed by atoms with van der Waals surface area (Å²) in [5, 5.41) is 12.0. The minimum atomic E-state index is -0.903. The average Bonchev–Trinajstić information content (AvgIpc) is 2.42. The highest BCUT2D eigenvalue weighted by Gasteiger charge is 2.00. The predicted octanol–water partition coefficient (Wildman–Crippen LogP) is 2.24. The lowest BCUT2D eigenvalue weighted by atomic mass is 10.2. The molecule has 5 heteroatoms. The third-order valence-corrected chi connectivity index (χ3v) is 2.61. The maximum atomic E-state index is 10.7. The van der Waals surface area contributed by atoms with Crippen molar-refractivity contribution in [1.29, 1.82) is 0 Å². The Kier molecular flexibility index (Phi) is 7.62. The first kappa shape index (κ1) is 15.5. The zero-order valence-electron chi connectivity index (χ0n) is 11.2. The molecule has 1 rings (SSSR count). The summed E-state index contributed by atoms with van der Waals surface area (Å²) in [5.74, 6) is -0.903. The summed E-state index contributed by atoms with van der Waals surface area (Å²) in [5.41, 5.74) is 1.24. The third-order valence-electron chi connectivity index (χ3n) is 2.61. The molecule has 0 heterocycles. The molecule has 0 spiro atoms. The van der Waals surface area contributed by atoms with Gasteiger partial charge in [0, 0.05) is 25.9 Å². The lowest BCUT2D eigenvalue weighted by Crippen LogP contribution is -2.06. The highest BCUT2D eigenvalue weighted by Crippen LogP contribution is 2.09. The second-order valence-electron chi connectivity index (χ2n) is 4.12. The van der Waals surface area contributed by atoms with Crippen molar-refractivity contribution in [2.75, 3.05) is 38.8 Å². The van der Waals surface area contributed by atoms with Crippen molar-refractivity contribution in [3.63, 3.8) is 0 Å². The van der Waals surface area contributed by atoms with Crippen LogP contribution in [0.2, 0.25) is 0 Å². The molecular formula is C14H21NO4. The van der Waals surface area contributed by atoms with Gasteiger partial charge in [0.15, 0.2) is 0 Å². The van der Waals surface area contributed by atoms with Crippen LogP contribution in [-0.4, -0.2) is 44.6 Å². The van der Waals surface area contributed by atoms with E-state index in [0.717, 1.165) is 31.7 Å². The maximum absolute atomic E-state index is 10.7. The fourth-order valence-electron chi connectivity index (χ4n) is 1.54. The van der Waals surface area contributed by atoms with Gasteiger partial charge in [0.1, 0.15) is 0 Å². The Morgan fingerprint density at radius 1 is 1.16 bits per heavy atom. The van der Waals surface area contributed by atoms with E-state index in [9.17, 15) is 4.79 Å². The summed E-state index contributed by atoms with van der Waals surface area (Å²) in [6.45, 7) is 2.86. The van der Waals surface area contributed by atoms with E-state index in [4.69, 9.17) is 14.6 Å². The molecule has 0 aliphatic rings. The van der Waals surface area contributed by atoms with Crippen LogP contribution in [0.4, 0.5) is 5.69 Å². The Hall–Kier alpha value is -1.59. The van der Waals surface area contributed by atoms with E-state index in [-0.39, 0.29) is 0 Å². The number of ether oxygens (including phenoxy) is 2. The molecular weight excluding hydrogens is 246 g/mol. The normalized spacial score (nSPS) is 10.4. The molecule has 1 aromatic rings. The van der Waals surface area contributed by atoms with Crippen molar-refractivity contribution in [1.82, 2.24) is 0 Å². The van der Waals surface area contributed by atoms with Crippen LogP contribution < -0.4 is 5.32 Å². The molecule has 0 saturated heterocycles. The van der Waals surface area contributed by atoms with E-state index in [1.807, 2.05) is 0 Å². The number of unbranched alkanes of at least 4 members (excludes halogenated alkanes) is 1. The van der Waals surface area contributed by atoms with Crippen molar-refractivity contribution in [2.24, 2.45) is 0 Å². The smallest absolute Gasteiger partial charge is 0.335 e. The second-order valence-corrected chi connectivity index (χ2v) is 4.12. The van der Waals surface area contributed by atoms with Gasteiger partial charge in [-0.2, -0.15) is 0 Å². The van der Waals surface area contributed by atoms with Gasteiger partial charge < -0.3 is 19.9 Å². The van der Waals surface area contributed by atoms with Gasteiger partial charge in [-0.1, -0.05) is 0 Å². The summed E-state index contributed by atoms with van der Waals surface area (Å²) in [7, 11) is 1.66. The number of carbonyl (C=O) groups is 1. The first-order chi connectivity index (χ1) is 9.24. The van der Waals surface area contributed by atoms with Crippen molar-refractivity contribution in [3.05, 3.63) is 29.8 Å². The Labute approximate surface area is 113 Å². The SMILES string of the molecule is COCCOCCCCNc1ccc(C(=O)O)cc1. The molecule has 0 aliphatic carbocycles. The van der Waals surface area contributed by atoms with Crippen LogP contribution in [0.3, 0.4) is 0 Å². The Morgan fingerprint density at radius 3 is 2.53 bits per heavy atom. The zero-order chi connectivity index (χ0) is 13.9. The number of carboxylic acids is 1. The molecule has 0 radical (unpaired) electrons. The van der Waals surface area contributed by atoms with Crippen molar-refractivity contribution >= 4 is 11.7 Å². The number of hydrogen-bond donors (Lipinski definition) is 2. The van der Waals surface area contributed by atoms with Gasteiger partial charge in [0.2, 0.25) is 0 Å². The largest absolute Gasteiger partial charge is 0.478 e. The highest BCUT2D eigenvalue weighted by atomic mass is 16.5. The van der Waals surface area contributed by atoms with Gasteiger partial charge in [0.25, 0.3) is 0 Å². The number of nitrogens with one attached hydrogen (secondary N) is 1. The van der Waals surface area contributed by atoms with Gasteiger partial charge in [-0.25, -0.2) is 4.79 Å². The summed E-state index contributed by atoms with van der Waals surface area (Å²) < 4.78 is 10.2. The topological polar surface area (TPSA) is 67.8 Å². The minimum absolute atomic E-state index is 0.303. The van der Waals surface area contributed by atoms with Crippen LogP contribution in [0.5, 0.6) is 0 Å². The van der Waals surface area contributed by atoms with Crippen molar-refractivity contribution in [2.45, 2.75) is 12.8 Å². The van der Waals surface area contributed by atoms with Gasteiger partial charge in [-0.15, -0.1) is 0 Å². The molecule has 0 unspecified atom stereocenters. The molecule has 19 heavy (non-hydrogen) atoms. The van der Waals surface area contributed by atoms with Crippen LogP contribution in [-0.2, 0) is 9.47 Å². The van der Waals surface area contributed by atoms with Crippen molar-refractivity contribution in [3.8, 4) is 0 Å². The highest BCUT2D eigenvalue weighted by molar-refractivity contribution is 5.87. The van der Waals surface area contributed by atoms with Gasteiger partial charge in [0.05, 0.1) is 18.8 Å². The summed E-state index contributed by atoms with van der Waals surface area (Å²) in [6.07, 6.45) is 2.00. The molecule has 106 valence electrons. The van der Waals surface area contributed by atoms with Crippen LogP contribution in [0.25, 0.3) is 0 Å². The molecule has 1 aromatic carbocycles. The monoisotopic (exact) mass is 267 g/mol. The molecule has 0 atom stereocenters. The molecule has 2 N–H and O–H groups in total. The van der Waals surface area contributed by atoms with Crippen molar-refractivity contribution < 1.29 is 19.4 Å². The number of anilines is 1. The van der Waals surface area contributed by atoms with E-state index >= 15 is 0 Å². The van der Waals surface area contributed by atoms with Crippen LogP contribution in [0.1, 0.15) is 23.2 Å². The Balaban J connectivity index is 2.07. The fraction of sp³-hybridized carbons (Fsp3) is 0.500. The van der Waals surface area contributed by atoms with E-state index in [1.165, 1.54) is 0 Å². The number of aromatic carboxylic acids is 1. The third kappa shape index (κ3) is 6.79. The number of methoxy groups -OCH3 is 1. The Morgan fingerprint density at radius 2 is 1.89 bits per heavy atom. The van der Waals surface area contributed by atoms with Crippen LogP contribution in [0.15, 0.2) is 24.3 Å². The lowest BCUT2D eigenvalue weighted by molar-refractivity contribution is 0.0691. The van der Waals surface area contributed by atoms with E-state index in [1.54, 1.807) is 31.4 Å². The molecule has 0 fully saturated rings. The van der Waals surface area contributed by atoms with Gasteiger partial charge in [-0.05, 0) is 37.1 Å². The standard InChI is InChI=1S/C14H21NO4/c1-18-10-11-19-9-3-2-8-15-13-6-4-12(5-7-13)14(16)17/h4-7,15H,2-3,8-11H2,1H3,(H,16,17). The zero-order valence-corrected chi connectivity index (χ0v) is 11.2. The Bertz CT molecular complexity index is 364. The average molecular weight is 267 g/mol. The molecule has 0 aromatic heterocycles. The van der Waals surface area contributed by atoms with Gasteiger partial charge >= 0.3 is 5.97 Å². The predicted molar refractivity (Wildman–Crippen MR) is 73.8 cm³/mol. The second kappa shape index (κ2) is 9.35. The summed E-state index contributed by atoms with van der Waals surface area (Å²) >= 11 is 0. The number of carboxylic acid groups (broad SMARTS) is 1. The summed E-state index contributed by atoms with van der Waals surface area (Å²) in [6, 6.07) is 6.74. The number of benzene rings is 1. The quantitative estimate of drug-likeness (QED) is 0.636. The van der Waals surface area contributed by atoms with Crippen LogP contribution >= 0.6 is 0 Å². The van der Waals surface area contributed by atoms with E-state index in [0.29, 0.717) is 18.8 Å². The number of rotatable bonds is 10.